The molecular weight excluding hydrogens is 431 g/mol. The summed E-state index contributed by atoms with van der Waals surface area (Å²) in [7, 11) is 3.14. The van der Waals surface area contributed by atoms with Gasteiger partial charge < -0.3 is 20.5 Å². The van der Waals surface area contributed by atoms with Crippen LogP contribution >= 0.6 is 24.0 Å². The number of aliphatic imine (C=N–C) groups is 1. The number of nitrogens with one attached hydrogen (secondary N) is 1. The molecule has 0 bridgehead atoms. The van der Waals surface area contributed by atoms with E-state index in [1.54, 1.807) is 20.3 Å². The van der Waals surface area contributed by atoms with E-state index in [9.17, 15) is 0 Å². The van der Waals surface area contributed by atoms with E-state index >= 15 is 0 Å². The van der Waals surface area contributed by atoms with Gasteiger partial charge in [-0.1, -0.05) is 6.07 Å². The van der Waals surface area contributed by atoms with Gasteiger partial charge in [-0.3, -0.25) is 0 Å². The molecule has 7 heteroatoms. The molecule has 1 aromatic heterocycles. The summed E-state index contributed by atoms with van der Waals surface area (Å²) in [6.07, 6.45) is 3.53. The molecule has 2 aromatic rings. The first-order valence-corrected chi connectivity index (χ1v) is 7.96. The maximum absolute atomic E-state index is 6.00. The van der Waals surface area contributed by atoms with Gasteiger partial charge in [0.15, 0.2) is 5.96 Å². The van der Waals surface area contributed by atoms with Crippen LogP contribution in [0.1, 0.15) is 23.1 Å². The predicted molar refractivity (Wildman–Crippen MR) is 110 cm³/mol. The maximum Gasteiger partial charge on any atom is 0.221 e. The molecule has 0 radical (unpaired) electrons. The number of ether oxygens (including phenoxy) is 2. The fourth-order valence-corrected chi connectivity index (χ4v) is 2.87. The van der Waals surface area contributed by atoms with Crippen LogP contribution in [-0.2, 0) is 19.4 Å². The number of guanidine groups is 1. The van der Waals surface area contributed by atoms with Gasteiger partial charge in [0.05, 0.1) is 20.8 Å². The van der Waals surface area contributed by atoms with Gasteiger partial charge in [-0.2, -0.15) is 4.98 Å². The third kappa shape index (κ3) is 4.75. The van der Waals surface area contributed by atoms with Crippen LogP contribution in [0.15, 0.2) is 35.3 Å². The minimum Gasteiger partial charge on any atom is -0.481 e. The van der Waals surface area contributed by atoms with Gasteiger partial charge in [0, 0.05) is 17.3 Å². The Morgan fingerprint density at radius 2 is 1.96 bits per heavy atom. The van der Waals surface area contributed by atoms with Crippen molar-refractivity contribution < 1.29 is 9.47 Å². The second kappa shape index (κ2) is 8.89. The van der Waals surface area contributed by atoms with E-state index in [1.165, 1.54) is 24.0 Å². The van der Waals surface area contributed by atoms with E-state index in [0.29, 0.717) is 24.3 Å². The second-order valence-electron chi connectivity index (χ2n) is 5.69. The van der Waals surface area contributed by atoms with Gasteiger partial charge in [0.25, 0.3) is 0 Å². The van der Waals surface area contributed by atoms with Crippen LogP contribution in [0.3, 0.4) is 0 Å². The molecule has 134 valence electrons. The zero-order chi connectivity index (χ0) is 16.9. The Kier molecular flexibility index (Phi) is 6.86. The minimum absolute atomic E-state index is 0. The second-order valence-corrected chi connectivity index (χ2v) is 5.69. The molecule has 0 unspecified atom stereocenters. The van der Waals surface area contributed by atoms with E-state index in [0.717, 1.165) is 17.7 Å². The maximum atomic E-state index is 6.00. The number of hydrogen-bond acceptors (Lipinski definition) is 4. The average Bonchev–Trinajstić information content (AvgIpc) is 3.07. The SMILES string of the molecule is COc1ccc(CN=C(N)Nc2ccc3c(c2)CCC3)c(OC)n1.I. The van der Waals surface area contributed by atoms with E-state index in [2.05, 4.69) is 27.4 Å². The quantitative estimate of drug-likeness (QED) is 0.412. The van der Waals surface area contributed by atoms with Crippen molar-refractivity contribution in [3.63, 3.8) is 0 Å². The molecule has 3 N–H and O–H groups in total. The summed E-state index contributed by atoms with van der Waals surface area (Å²) in [5, 5.41) is 3.14. The molecule has 1 aromatic carbocycles. The first-order chi connectivity index (χ1) is 11.7. The molecule has 25 heavy (non-hydrogen) atoms. The van der Waals surface area contributed by atoms with Crippen molar-refractivity contribution in [1.29, 1.82) is 0 Å². The summed E-state index contributed by atoms with van der Waals surface area (Å²) in [6, 6.07) is 10.0. The third-order valence-electron chi connectivity index (χ3n) is 4.11. The summed E-state index contributed by atoms with van der Waals surface area (Å²) >= 11 is 0. The minimum atomic E-state index is 0. The molecule has 0 amide bonds. The highest BCUT2D eigenvalue weighted by molar-refractivity contribution is 14.0. The Balaban J connectivity index is 0.00000225. The van der Waals surface area contributed by atoms with Crippen molar-refractivity contribution in [1.82, 2.24) is 4.98 Å². The fourth-order valence-electron chi connectivity index (χ4n) is 2.87. The van der Waals surface area contributed by atoms with E-state index in [4.69, 9.17) is 15.2 Å². The number of halogens is 1. The fraction of sp³-hybridized carbons (Fsp3) is 0.333. The van der Waals surface area contributed by atoms with Crippen molar-refractivity contribution >= 4 is 35.6 Å². The van der Waals surface area contributed by atoms with Crippen molar-refractivity contribution in [3.05, 3.63) is 47.0 Å². The number of anilines is 1. The number of pyridine rings is 1. The topological polar surface area (TPSA) is 81.8 Å². The van der Waals surface area contributed by atoms with E-state index < -0.39 is 0 Å². The summed E-state index contributed by atoms with van der Waals surface area (Å²) in [5.41, 5.74) is 10.6. The van der Waals surface area contributed by atoms with Gasteiger partial charge in [-0.05, 0) is 48.6 Å². The molecule has 1 aliphatic carbocycles. The number of benzene rings is 1. The lowest BCUT2D eigenvalue weighted by Gasteiger charge is -2.09. The van der Waals surface area contributed by atoms with Crippen LogP contribution in [-0.4, -0.2) is 25.2 Å². The molecule has 0 spiro atoms. The molecule has 0 aliphatic heterocycles. The van der Waals surface area contributed by atoms with E-state index in [1.807, 2.05) is 12.1 Å². The van der Waals surface area contributed by atoms with Crippen LogP contribution in [0.2, 0.25) is 0 Å². The smallest absolute Gasteiger partial charge is 0.221 e. The third-order valence-corrected chi connectivity index (χ3v) is 4.11. The molecule has 0 fully saturated rings. The lowest BCUT2D eigenvalue weighted by Crippen LogP contribution is -2.22. The zero-order valence-corrected chi connectivity index (χ0v) is 16.7. The zero-order valence-electron chi connectivity index (χ0n) is 14.4. The van der Waals surface area contributed by atoms with Crippen LogP contribution < -0.4 is 20.5 Å². The molecule has 0 saturated heterocycles. The van der Waals surface area contributed by atoms with Crippen molar-refractivity contribution in [2.24, 2.45) is 10.7 Å². The Labute approximate surface area is 164 Å². The summed E-state index contributed by atoms with van der Waals surface area (Å²) in [4.78, 5) is 8.61. The number of nitrogens with zero attached hydrogens (tertiary/aromatic N) is 2. The van der Waals surface area contributed by atoms with Gasteiger partial charge in [-0.15, -0.1) is 24.0 Å². The molecule has 6 nitrogen and oxygen atoms in total. The Hall–Kier alpha value is -2.03. The Morgan fingerprint density at radius 1 is 1.16 bits per heavy atom. The molecule has 1 heterocycles. The lowest BCUT2D eigenvalue weighted by atomic mass is 10.1. The van der Waals surface area contributed by atoms with Crippen LogP contribution in [0.4, 0.5) is 5.69 Å². The van der Waals surface area contributed by atoms with Gasteiger partial charge in [-0.25, -0.2) is 4.99 Å². The van der Waals surface area contributed by atoms with Crippen molar-refractivity contribution in [2.75, 3.05) is 19.5 Å². The van der Waals surface area contributed by atoms with Crippen molar-refractivity contribution in [3.8, 4) is 11.8 Å². The van der Waals surface area contributed by atoms with Gasteiger partial charge in [0.1, 0.15) is 0 Å². The summed E-state index contributed by atoms with van der Waals surface area (Å²) < 4.78 is 10.4. The molecule has 0 atom stereocenters. The monoisotopic (exact) mass is 454 g/mol. The first kappa shape index (κ1) is 19.3. The van der Waals surface area contributed by atoms with Crippen LogP contribution in [0.25, 0.3) is 0 Å². The summed E-state index contributed by atoms with van der Waals surface area (Å²) in [6.45, 7) is 0.379. The predicted octanol–water partition coefficient (Wildman–Crippen LogP) is 3.13. The molecule has 1 aliphatic rings. The largest absolute Gasteiger partial charge is 0.481 e. The highest BCUT2D eigenvalue weighted by Gasteiger charge is 2.11. The average molecular weight is 454 g/mol. The van der Waals surface area contributed by atoms with E-state index in [-0.39, 0.29) is 24.0 Å². The van der Waals surface area contributed by atoms with Crippen LogP contribution in [0.5, 0.6) is 11.8 Å². The summed E-state index contributed by atoms with van der Waals surface area (Å²) in [5.74, 6) is 1.36. The molecule has 3 rings (SSSR count). The number of rotatable bonds is 5. The van der Waals surface area contributed by atoms with Gasteiger partial charge in [0.2, 0.25) is 11.8 Å². The highest BCUT2D eigenvalue weighted by atomic mass is 127. The number of nitrogens with two attached hydrogens (primary N) is 1. The Bertz CT molecular complexity index is 765. The number of aromatic nitrogens is 1. The number of fused-ring (bicyclic) bond motifs is 1. The highest BCUT2D eigenvalue weighted by Crippen LogP contribution is 2.25. The Morgan fingerprint density at radius 3 is 2.72 bits per heavy atom. The standard InChI is InChI=1S/C18H22N4O2.HI/c1-23-16-9-7-14(17(22-16)24-2)11-20-18(19)21-15-8-6-12-4-3-5-13(12)10-15;/h6-10H,3-5,11H2,1-2H3,(H3,19,20,21);1H. The van der Waals surface area contributed by atoms with Crippen LogP contribution in [0, 0.1) is 0 Å². The molecular formula is C18H23IN4O2. The van der Waals surface area contributed by atoms with Crippen molar-refractivity contribution in [2.45, 2.75) is 25.8 Å². The lowest BCUT2D eigenvalue weighted by molar-refractivity contribution is 0.361. The normalized spacial score (nSPS) is 13.0. The number of methoxy groups -OCH3 is 2. The van der Waals surface area contributed by atoms with Gasteiger partial charge >= 0.3 is 0 Å². The first-order valence-electron chi connectivity index (χ1n) is 7.96. The number of aryl methyl sites for hydroxylation is 2. The number of hydrogen-bond donors (Lipinski definition) is 2. The molecule has 0 saturated carbocycles.